The van der Waals surface area contributed by atoms with Crippen LogP contribution in [0.1, 0.15) is 59.8 Å². The quantitative estimate of drug-likeness (QED) is 0.288. The summed E-state index contributed by atoms with van der Waals surface area (Å²) in [6.07, 6.45) is 9.20. The number of allylic oxidation sites excluding steroid dienone is 5. The number of hydrogen-bond donors (Lipinski definition) is 3. The number of rotatable bonds is 7. The molecule has 0 bridgehead atoms. The Morgan fingerprint density at radius 3 is 2.48 bits per heavy atom. The van der Waals surface area contributed by atoms with Gasteiger partial charge >= 0.3 is 5.97 Å². The van der Waals surface area contributed by atoms with Gasteiger partial charge in [0.1, 0.15) is 11.8 Å². The molecule has 3 rings (SSSR count). The smallest absolute Gasteiger partial charge is 0.327 e. The summed E-state index contributed by atoms with van der Waals surface area (Å²) in [5, 5.41) is 11.5. The van der Waals surface area contributed by atoms with Crippen molar-refractivity contribution in [2.24, 2.45) is 22.7 Å². The zero-order chi connectivity index (χ0) is 24.8. The molecule has 3 aliphatic carbocycles. The lowest BCUT2D eigenvalue weighted by Gasteiger charge is -2.58. The Morgan fingerprint density at radius 1 is 1.21 bits per heavy atom. The van der Waals surface area contributed by atoms with E-state index in [2.05, 4.69) is 39.1 Å². The molecule has 3 N–H and O–H groups in total. The first-order valence-corrected chi connectivity index (χ1v) is 12.9. The topological polar surface area (TPSA) is 138 Å². The van der Waals surface area contributed by atoms with Crippen LogP contribution in [0.5, 0.6) is 0 Å². The molecule has 0 aromatic carbocycles. The third-order valence-electron chi connectivity index (χ3n) is 8.33. The molecule has 0 unspecified atom stereocenters. The molecule has 5 atom stereocenters. The average Bonchev–Trinajstić information content (AvgIpc) is 2.69. The van der Waals surface area contributed by atoms with Gasteiger partial charge < -0.3 is 10.4 Å². The normalized spacial score (nSPS) is 33.4. The van der Waals surface area contributed by atoms with Crippen LogP contribution in [0.25, 0.3) is 0 Å². The Balaban J connectivity index is 1.83. The van der Waals surface area contributed by atoms with Crippen LogP contribution in [0.2, 0.25) is 0 Å². The molecule has 0 amide bonds. The average molecular weight is 480 g/mol. The molecule has 0 aromatic heterocycles. The summed E-state index contributed by atoms with van der Waals surface area (Å²) in [5.41, 5.74) is 1.37. The number of hydrogen-bond acceptors (Lipinski definition) is 6. The molecule has 8 nitrogen and oxygen atoms in total. The molecule has 0 saturated heterocycles. The first-order valence-electron chi connectivity index (χ1n) is 11.3. The summed E-state index contributed by atoms with van der Waals surface area (Å²) < 4.78 is 31.2. The van der Waals surface area contributed by atoms with E-state index in [4.69, 9.17) is 4.55 Å². The number of fused-ring (bicyclic) bond motifs is 1. The van der Waals surface area contributed by atoms with Crippen molar-refractivity contribution in [2.75, 3.05) is 5.75 Å². The lowest BCUT2D eigenvalue weighted by molar-refractivity contribution is -0.138. The Morgan fingerprint density at radius 2 is 1.88 bits per heavy atom. The van der Waals surface area contributed by atoms with Gasteiger partial charge in [0.05, 0.1) is 5.70 Å². The van der Waals surface area contributed by atoms with Crippen molar-refractivity contribution in [2.45, 2.75) is 65.8 Å². The molecular formula is C24H33NO7S. The van der Waals surface area contributed by atoms with Gasteiger partial charge in [0.25, 0.3) is 10.1 Å². The molecule has 1 fully saturated rings. The lowest BCUT2D eigenvalue weighted by atomic mass is 9.46. The van der Waals surface area contributed by atoms with Crippen molar-refractivity contribution in [3.8, 4) is 0 Å². The Labute approximate surface area is 195 Å². The molecular weight excluding hydrogens is 446 g/mol. The third-order valence-corrected chi connectivity index (χ3v) is 9.09. The Kier molecular flexibility index (Phi) is 6.79. The van der Waals surface area contributed by atoms with Crippen LogP contribution in [0.3, 0.4) is 0 Å². The zero-order valence-electron chi connectivity index (χ0n) is 19.6. The van der Waals surface area contributed by atoms with Crippen LogP contribution in [-0.4, -0.2) is 47.4 Å². The monoisotopic (exact) mass is 479 g/mol. The van der Waals surface area contributed by atoms with E-state index in [-0.39, 0.29) is 16.5 Å². The molecule has 9 heteroatoms. The van der Waals surface area contributed by atoms with E-state index in [1.54, 1.807) is 0 Å². The summed E-state index contributed by atoms with van der Waals surface area (Å²) in [5.74, 6) is -2.93. The maximum Gasteiger partial charge on any atom is 0.327 e. The molecule has 0 radical (unpaired) electrons. The summed E-state index contributed by atoms with van der Waals surface area (Å²) in [6.45, 7) is 8.90. The third kappa shape index (κ3) is 4.99. The largest absolute Gasteiger partial charge is 0.480 e. The predicted molar refractivity (Wildman–Crippen MR) is 123 cm³/mol. The number of carboxylic acids is 1. The van der Waals surface area contributed by atoms with E-state index >= 15 is 0 Å². The highest BCUT2D eigenvalue weighted by Crippen LogP contribution is 2.62. The SMILES string of the molecule is CC1=CCC[C@H]2[C@](C)(CC3=CC(=O)C(N[C@H](CS(=O)(=O)O)C(=O)O)=CC3=O)[C@@H](C)CC[C@]12C. The fraction of sp³-hybridized carbons (Fsp3) is 0.625. The minimum absolute atomic E-state index is 0.0643. The number of carbonyl (C=O) groups is 3. The second-order valence-electron chi connectivity index (χ2n) is 10.3. The summed E-state index contributed by atoms with van der Waals surface area (Å²) in [6, 6.07) is -1.76. The van der Waals surface area contributed by atoms with Gasteiger partial charge in [0.2, 0.25) is 5.78 Å². The van der Waals surface area contributed by atoms with Gasteiger partial charge in [-0.2, -0.15) is 8.42 Å². The highest BCUT2D eigenvalue weighted by molar-refractivity contribution is 7.85. The van der Waals surface area contributed by atoms with Crippen molar-refractivity contribution in [1.29, 1.82) is 0 Å². The van der Waals surface area contributed by atoms with Gasteiger partial charge in [0, 0.05) is 11.6 Å². The van der Waals surface area contributed by atoms with Crippen molar-refractivity contribution in [3.05, 3.63) is 35.1 Å². The molecule has 3 aliphatic rings. The maximum absolute atomic E-state index is 13.0. The number of nitrogens with one attached hydrogen (secondary N) is 1. The van der Waals surface area contributed by atoms with E-state index in [1.807, 2.05) is 0 Å². The minimum atomic E-state index is -4.60. The van der Waals surface area contributed by atoms with E-state index < -0.39 is 39.4 Å². The first kappa shape index (κ1) is 25.4. The van der Waals surface area contributed by atoms with Crippen molar-refractivity contribution < 1.29 is 32.5 Å². The zero-order valence-corrected chi connectivity index (χ0v) is 20.4. The molecule has 182 valence electrons. The van der Waals surface area contributed by atoms with E-state index in [9.17, 15) is 27.9 Å². The summed E-state index contributed by atoms with van der Waals surface area (Å²) in [7, 11) is -4.60. The number of carboxylic acid groups (broad SMARTS) is 1. The molecule has 33 heavy (non-hydrogen) atoms. The summed E-state index contributed by atoms with van der Waals surface area (Å²) in [4.78, 5) is 37.0. The highest BCUT2D eigenvalue weighted by Gasteiger charge is 2.53. The standard InChI is InChI=1S/C24H33NO7S/c1-14-6-5-7-21-23(14,3)9-8-15(2)24(21,4)12-16-10-20(27)17(11-19(16)26)25-18(22(28)29)13-33(30,31)32/h6,10-11,15,18,21,25H,5,7-9,12-13H2,1-4H3,(H,28,29)(H,30,31,32)/t15-,18+,21+,23+,24+/m0/s1. The van der Waals surface area contributed by atoms with Gasteiger partial charge in [-0.1, -0.05) is 32.4 Å². The maximum atomic E-state index is 13.0. The second kappa shape index (κ2) is 8.83. The molecule has 0 spiro atoms. The van der Waals surface area contributed by atoms with Gasteiger partial charge in [-0.05, 0) is 67.8 Å². The summed E-state index contributed by atoms with van der Waals surface area (Å²) >= 11 is 0. The Hall–Kier alpha value is -2.26. The van der Waals surface area contributed by atoms with E-state index in [0.29, 0.717) is 23.8 Å². The minimum Gasteiger partial charge on any atom is -0.480 e. The highest BCUT2D eigenvalue weighted by atomic mass is 32.2. The van der Waals surface area contributed by atoms with Crippen molar-refractivity contribution in [3.63, 3.8) is 0 Å². The second-order valence-corrected chi connectivity index (χ2v) is 11.8. The lowest BCUT2D eigenvalue weighted by Crippen LogP contribution is -2.50. The van der Waals surface area contributed by atoms with Crippen LogP contribution >= 0.6 is 0 Å². The molecule has 0 heterocycles. The molecule has 0 aromatic rings. The van der Waals surface area contributed by atoms with Gasteiger partial charge in [-0.15, -0.1) is 0 Å². The molecule has 1 saturated carbocycles. The van der Waals surface area contributed by atoms with Crippen molar-refractivity contribution in [1.82, 2.24) is 5.32 Å². The number of ketones is 2. The fourth-order valence-electron chi connectivity index (χ4n) is 6.05. The Bertz CT molecular complexity index is 1070. The number of aliphatic carboxylic acids is 1. The van der Waals surface area contributed by atoms with E-state index in [1.165, 1.54) is 11.6 Å². The van der Waals surface area contributed by atoms with Crippen LogP contribution in [0.4, 0.5) is 0 Å². The van der Waals surface area contributed by atoms with Crippen LogP contribution in [0, 0.1) is 22.7 Å². The number of carbonyl (C=O) groups excluding carboxylic acids is 2. The molecule has 0 aliphatic heterocycles. The van der Waals surface area contributed by atoms with Crippen LogP contribution in [0.15, 0.2) is 35.1 Å². The van der Waals surface area contributed by atoms with Crippen LogP contribution < -0.4 is 5.32 Å². The van der Waals surface area contributed by atoms with Gasteiger partial charge in [-0.25, -0.2) is 4.79 Å². The first-order chi connectivity index (χ1) is 15.2. The van der Waals surface area contributed by atoms with Crippen molar-refractivity contribution >= 4 is 27.7 Å². The van der Waals surface area contributed by atoms with Gasteiger partial charge in [-0.3, -0.25) is 14.1 Å². The van der Waals surface area contributed by atoms with Gasteiger partial charge in [0.15, 0.2) is 5.78 Å². The fourth-order valence-corrected chi connectivity index (χ4v) is 6.69. The van der Waals surface area contributed by atoms with Crippen LogP contribution in [-0.2, 0) is 24.5 Å². The van der Waals surface area contributed by atoms with E-state index in [0.717, 1.165) is 31.8 Å². The predicted octanol–water partition coefficient (Wildman–Crippen LogP) is 3.07.